The van der Waals surface area contributed by atoms with Crippen LogP contribution in [0.4, 0.5) is 10.3 Å². The molecule has 0 bridgehead atoms. The Bertz CT molecular complexity index is 455. The van der Waals surface area contributed by atoms with E-state index >= 15 is 0 Å². The van der Waals surface area contributed by atoms with Crippen molar-refractivity contribution in [3.05, 3.63) is 12.0 Å². The summed E-state index contributed by atoms with van der Waals surface area (Å²) in [4.78, 5) is 21.1. The molecule has 1 aliphatic heterocycles. The first kappa shape index (κ1) is 13.5. The molecule has 1 N–H and O–H groups in total. The number of methoxy groups -OCH3 is 1. The second-order valence-corrected chi connectivity index (χ2v) is 4.32. The molecule has 6 nitrogen and oxygen atoms in total. The van der Waals surface area contributed by atoms with Crippen LogP contribution in [0.2, 0.25) is 0 Å². The number of piperidine rings is 1. The number of nitrogens with zero attached hydrogens (tertiary/aromatic N) is 3. The molecule has 0 aliphatic carbocycles. The third-order valence-electron chi connectivity index (χ3n) is 2.99. The summed E-state index contributed by atoms with van der Waals surface area (Å²) in [6, 6.07) is 0. The maximum Gasteiger partial charge on any atom is 0.255 e. The molecule has 1 saturated heterocycles. The highest BCUT2D eigenvalue weighted by atomic mass is 19.1. The second-order valence-electron chi connectivity index (χ2n) is 4.32. The number of hydrogen-bond donors (Lipinski definition) is 1. The van der Waals surface area contributed by atoms with E-state index in [1.807, 2.05) is 4.90 Å². The zero-order chi connectivity index (χ0) is 13.7. The molecular weight excluding hydrogens is 251 g/mol. The number of rotatable bonds is 5. The standard InChI is InChI=1S/C12H17FN4O2/c1-19-11-9(13)8-15-12(16-11)14-5-7-17-6-3-2-4-10(17)18/h8H,2-7H2,1H3,(H,14,15,16). The van der Waals surface area contributed by atoms with Gasteiger partial charge in [-0.15, -0.1) is 0 Å². The van der Waals surface area contributed by atoms with Gasteiger partial charge >= 0.3 is 0 Å². The number of aromatic nitrogens is 2. The Morgan fingerprint density at radius 3 is 3.11 bits per heavy atom. The molecule has 1 aliphatic rings. The zero-order valence-corrected chi connectivity index (χ0v) is 10.9. The van der Waals surface area contributed by atoms with Gasteiger partial charge in [-0.3, -0.25) is 4.79 Å². The molecule has 0 unspecified atom stereocenters. The Morgan fingerprint density at radius 2 is 2.37 bits per heavy atom. The molecule has 2 rings (SSSR count). The average molecular weight is 268 g/mol. The van der Waals surface area contributed by atoms with E-state index in [4.69, 9.17) is 4.74 Å². The maximum absolute atomic E-state index is 13.1. The highest BCUT2D eigenvalue weighted by Gasteiger charge is 2.17. The van der Waals surface area contributed by atoms with Crippen molar-refractivity contribution in [1.29, 1.82) is 0 Å². The number of likely N-dealkylation sites (tertiary alicyclic amines) is 1. The lowest BCUT2D eigenvalue weighted by molar-refractivity contribution is -0.133. The quantitative estimate of drug-likeness (QED) is 0.864. The van der Waals surface area contributed by atoms with Crippen molar-refractivity contribution < 1.29 is 13.9 Å². The van der Waals surface area contributed by atoms with Crippen LogP contribution in [0, 0.1) is 5.82 Å². The van der Waals surface area contributed by atoms with Crippen LogP contribution in [-0.2, 0) is 4.79 Å². The van der Waals surface area contributed by atoms with E-state index in [0.717, 1.165) is 25.6 Å². The molecule has 1 amide bonds. The van der Waals surface area contributed by atoms with Crippen molar-refractivity contribution in [2.45, 2.75) is 19.3 Å². The first-order valence-corrected chi connectivity index (χ1v) is 6.29. The summed E-state index contributed by atoms with van der Waals surface area (Å²) in [5, 5.41) is 2.95. The lowest BCUT2D eigenvalue weighted by atomic mass is 10.1. The first-order chi connectivity index (χ1) is 9.20. The number of nitrogens with one attached hydrogen (secondary N) is 1. The predicted molar refractivity (Wildman–Crippen MR) is 67.5 cm³/mol. The Kier molecular flexibility index (Phi) is 4.48. The molecule has 7 heteroatoms. The summed E-state index contributed by atoms with van der Waals surface area (Å²) in [6.07, 6.45) is 3.70. The predicted octanol–water partition coefficient (Wildman–Crippen LogP) is 1.05. The molecule has 2 heterocycles. The Balaban J connectivity index is 1.83. The third-order valence-corrected chi connectivity index (χ3v) is 2.99. The number of hydrogen-bond acceptors (Lipinski definition) is 5. The maximum atomic E-state index is 13.1. The zero-order valence-electron chi connectivity index (χ0n) is 10.9. The van der Waals surface area contributed by atoms with Crippen LogP contribution in [0.3, 0.4) is 0 Å². The van der Waals surface area contributed by atoms with Gasteiger partial charge in [0.25, 0.3) is 5.88 Å². The lowest BCUT2D eigenvalue weighted by Crippen LogP contribution is -2.38. The van der Waals surface area contributed by atoms with Crippen LogP contribution >= 0.6 is 0 Å². The molecule has 0 saturated carbocycles. The Hall–Kier alpha value is -1.92. The molecule has 1 aromatic heterocycles. The van der Waals surface area contributed by atoms with Crippen LogP contribution < -0.4 is 10.1 Å². The van der Waals surface area contributed by atoms with Gasteiger partial charge in [0.2, 0.25) is 17.7 Å². The van der Waals surface area contributed by atoms with Crippen molar-refractivity contribution in [2.75, 3.05) is 32.1 Å². The Morgan fingerprint density at radius 1 is 1.53 bits per heavy atom. The molecule has 0 spiro atoms. The van der Waals surface area contributed by atoms with Gasteiger partial charge in [-0.05, 0) is 12.8 Å². The number of carbonyl (C=O) groups is 1. The molecule has 0 atom stereocenters. The lowest BCUT2D eigenvalue weighted by Gasteiger charge is -2.26. The van der Waals surface area contributed by atoms with Crippen LogP contribution in [0.25, 0.3) is 0 Å². The van der Waals surface area contributed by atoms with E-state index in [2.05, 4.69) is 15.3 Å². The largest absolute Gasteiger partial charge is 0.479 e. The first-order valence-electron chi connectivity index (χ1n) is 6.29. The SMILES string of the molecule is COc1nc(NCCN2CCCCC2=O)ncc1F. The Labute approximate surface area is 111 Å². The monoisotopic (exact) mass is 268 g/mol. The fraction of sp³-hybridized carbons (Fsp3) is 0.583. The van der Waals surface area contributed by atoms with E-state index in [1.165, 1.54) is 7.11 Å². The smallest absolute Gasteiger partial charge is 0.255 e. The number of halogens is 1. The van der Waals surface area contributed by atoms with Gasteiger partial charge in [0.05, 0.1) is 13.3 Å². The van der Waals surface area contributed by atoms with E-state index in [1.54, 1.807) is 0 Å². The van der Waals surface area contributed by atoms with Gasteiger partial charge in [-0.25, -0.2) is 4.98 Å². The average Bonchev–Trinajstić information content (AvgIpc) is 2.43. The van der Waals surface area contributed by atoms with Gasteiger partial charge in [0, 0.05) is 26.1 Å². The fourth-order valence-electron chi connectivity index (χ4n) is 1.98. The number of amides is 1. The van der Waals surface area contributed by atoms with Crippen molar-refractivity contribution in [1.82, 2.24) is 14.9 Å². The number of anilines is 1. The third kappa shape index (κ3) is 3.52. The summed E-state index contributed by atoms with van der Waals surface area (Å²) >= 11 is 0. The van der Waals surface area contributed by atoms with Crippen molar-refractivity contribution in [2.24, 2.45) is 0 Å². The van der Waals surface area contributed by atoms with Gasteiger partial charge < -0.3 is 15.0 Å². The van der Waals surface area contributed by atoms with Crippen molar-refractivity contribution in [3.63, 3.8) is 0 Å². The van der Waals surface area contributed by atoms with Crippen molar-refractivity contribution in [3.8, 4) is 5.88 Å². The van der Waals surface area contributed by atoms with Crippen LogP contribution in [0.5, 0.6) is 5.88 Å². The minimum Gasteiger partial charge on any atom is -0.479 e. The normalized spacial score (nSPS) is 15.5. The molecular formula is C12H17FN4O2. The molecule has 0 radical (unpaired) electrons. The highest BCUT2D eigenvalue weighted by molar-refractivity contribution is 5.76. The van der Waals surface area contributed by atoms with Crippen LogP contribution in [-0.4, -0.2) is 47.5 Å². The fourth-order valence-corrected chi connectivity index (χ4v) is 1.98. The van der Waals surface area contributed by atoms with Gasteiger partial charge in [-0.1, -0.05) is 0 Å². The van der Waals surface area contributed by atoms with E-state index in [9.17, 15) is 9.18 Å². The van der Waals surface area contributed by atoms with Gasteiger partial charge in [0.15, 0.2) is 0 Å². The molecule has 1 fully saturated rings. The summed E-state index contributed by atoms with van der Waals surface area (Å²) in [7, 11) is 1.35. The highest BCUT2D eigenvalue weighted by Crippen LogP contribution is 2.13. The number of ether oxygens (including phenoxy) is 1. The molecule has 19 heavy (non-hydrogen) atoms. The number of carbonyl (C=O) groups excluding carboxylic acids is 1. The summed E-state index contributed by atoms with van der Waals surface area (Å²) in [5.74, 6) is -0.209. The van der Waals surface area contributed by atoms with E-state index < -0.39 is 5.82 Å². The van der Waals surface area contributed by atoms with Crippen LogP contribution in [0.15, 0.2) is 6.20 Å². The molecule has 1 aromatic rings. The van der Waals surface area contributed by atoms with E-state index in [-0.39, 0.29) is 11.8 Å². The van der Waals surface area contributed by atoms with Crippen LogP contribution in [0.1, 0.15) is 19.3 Å². The van der Waals surface area contributed by atoms with Gasteiger partial charge in [0.1, 0.15) is 0 Å². The topological polar surface area (TPSA) is 67.3 Å². The molecule has 0 aromatic carbocycles. The molecule has 104 valence electrons. The summed E-state index contributed by atoms with van der Waals surface area (Å²) in [6.45, 7) is 1.93. The van der Waals surface area contributed by atoms with Gasteiger partial charge in [-0.2, -0.15) is 9.37 Å². The summed E-state index contributed by atoms with van der Waals surface area (Å²) < 4.78 is 17.9. The van der Waals surface area contributed by atoms with Crippen molar-refractivity contribution >= 4 is 11.9 Å². The minimum absolute atomic E-state index is 0.0912. The minimum atomic E-state index is -0.598. The van der Waals surface area contributed by atoms with E-state index in [0.29, 0.717) is 25.5 Å². The second kappa shape index (κ2) is 6.31. The summed E-state index contributed by atoms with van der Waals surface area (Å²) in [5.41, 5.74) is 0.